The van der Waals surface area contributed by atoms with Crippen LogP contribution < -0.4 is 5.32 Å². The van der Waals surface area contributed by atoms with E-state index in [0.29, 0.717) is 13.0 Å². The lowest BCUT2D eigenvalue weighted by molar-refractivity contribution is -0.121. The first kappa shape index (κ1) is 31.4. The van der Waals surface area contributed by atoms with Crippen molar-refractivity contribution in [1.29, 1.82) is 0 Å². The van der Waals surface area contributed by atoms with E-state index < -0.39 is 0 Å². The lowest BCUT2D eigenvalue weighted by Crippen LogP contribution is -2.26. The van der Waals surface area contributed by atoms with E-state index in [9.17, 15) is 4.79 Å². The SMILES string of the molecule is CCCCCCCCCCCCCCCCCCCCCCCC(=O)NCCn1ccc2ccccc21. The highest BCUT2D eigenvalue weighted by Crippen LogP contribution is 2.16. The Labute approximate surface area is 229 Å². The number of hydrogen-bond acceptors (Lipinski definition) is 1. The average molecular weight is 511 g/mol. The van der Waals surface area contributed by atoms with Gasteiger partial charge < -0.3 is 9.88 Å². The molecule has 37 heavy (non-hydrogen) atoms. The second-order valence-corrected chi connectivity index (χ2v) is 11.2. The van der Waals surface area contributed by atoms with Crippen molar-refractivity contribution in [3.63, 3.8) is 0 Å². The highest BCUT2D eigenvalue weighted by atomic mass is 16.1. The van der Waals surface area contributed by atoms with Gasteiger partial charge in [0.05, 0.1) is 0 Å². The van der Waals surface area contributed by atoms with Crippen molar-refractivity contribution in [3.05, 3.63) is 36.5 Å². The van der Waals surface area contributed by atoms with E-state index in [0.717, 1.165) is 13.0 Å². The van der Waals surface area contributed by atoms with Gasteiger partial charge in [0.2, 0.25) is 5.91 Å². The molecule has 3 heteroatoms. The van der Waals surface area contributed by atoms with E-state index in [1.807, 2.05) is 0 Å². The minimum Gasteiger partial charge on any atom is -0.354 e. The first-order valence-electron chi connectivity index (χ1n) is 16.1. The fourth-order valence-electron chi connectivity index (χ4n) is 5.46. The van der Waals surface area contributed by atoms with Gasteiger partial charge in [-0.25, -0.2) is 0 Å². The van der Waals surface area contributed by atoms with Crippen LogP contribution in [0.5, 0.6) is 0 Å². The minimum absolute atomic E-state index is 0.203. The van der Waals surface area contributed by atoms with Crippen LogP contribution in [0.3, 0.4) is 0 Å². The molecule has 1 heterocycles. The number of rotatable bonds is 25. The largest absolute Gasteiger partial charge is 0.354 e. The predicted octanol–water partition coefficient (Wildman–Crippen LogP) is 10.4. The number of carbonyl (C=O) groups is 1. The van der Waals surface area contributed by atoms with E-state index >= 15 is 0 Å². The maximum atomic E-state index is 12.1. The molecule has 2 aromatic rings. The quantitative estimate of drug-likeness (QED) is 0.132. The van der Waals surface area contributed by atoms with Crippen LogP contribution in [0.25, 0.3) is 10.9 Å². The second kappa shape index (κ2) is 22.2. The summed E-state index contributed by atoms with van der Waals surface area (Å²) in [6, 6.07) is 10.5. The molecule has 0 atom stereocenters. The Morgan fingerprint density at radius 3 is 1.59 bits per heavy atom. The summed E-state index contributed by atoms with van der Waals surface area (Å²) in [6.45, 7) is 3.83. The Kier molecular flexibility index (Phi) is 18.9. The van der Waals surface area contributed by atoms with Crippen LogP contribution in [0.4, 0.5) is 0 Å². The van der Waals surface area contributed by atoms with Gasteiger partial charge in [0.15, 0.2) is 0 Å². The monoisotopic (exact) mass is 510 g/mol. The summed E-state index contributed by atoms with van der Waals surface area (Å²) in [5.41, 5.74) is 1.24. The van der Waals surface area contributed by atoms with Gasteiger partial charge in [-0.1, -0.05) is 154 Å². The molecule has 0 unspecified atom stereocenters. The average Bonchev–Trinajstić information content (AvgIpc) is 3.32. The molecule has 2 rings (SSSR count). The molecule has 1 N–H and O–H groups in total. The van der Waals surface area contributed by atoms with Crippen molar-refractivity contribution in [2.24, 2.45) is 0 Å². The Balaban J connectivity index is 1.25. The van der Waals surface area contributed by atoms with Gasteiger partial charge in [0.25, 0.3) is 0 Å². The number of aromatic nitrogens is 1. The van der Waals surface area contributed by atoms with Gasteiger partial charge in [-0.3, -0.25) is 4.79 Å². The third kappa shape index (κ3) is 15.9. The van der Waals surface area contributed by atoms with Gasteiger partial charge in [-0.2, -0.15) is 0 Å². The lowest BCUT2D eigenvalue weighted by atomic mass is 10.0. The molecule has 1 aromatic heterocycles. The molecular weight excluding hydrogens is 452 g/mol. The number of unbranched alkanes of at least 4 members (excludes halogenated alkanes) is 20. The fraction of sp³-hybridized carbons (Fsp3) is 0.735. The summed E-state index contributed by atoms with van der Waals surface area (Å²) in [6.07, 6.45) is 32.0. The lowest BCUT2D eigenvalue weighted by Gasteiger charge is -2.08. The fourth-order valence-corrected chi connectivity index (χ4v) is 5.46. The van der Waals surface area contributed by atoms with E-state index in [1.54, 1.807) is 0 Å². The summed E-state index contributed by atoms with van der Waals surface area (Å²) in [4.78, 5) is 12.1. The third-order valence-electron chi connectivity index (χ3n) is 7.86. The highest BCUT2D eigenvalue weighted by Gasteiger charge is 2.03. The zero-order valence-electron chi connectivity index (χ0n) is 24.3. The summed E-state index contributed by atoms with van der Waals surface area (Å²) < 4.78 is 2.22. The van der Waals surface area contributed by atoms with Crippen molar-refractivity contribution >= 4 is 16.8 Å². The number of amides is 1. The van der Waals surface area contributed by atoms with E-state index in [4.69, 9.17) is 0 Å². The Hall–Kier alpha value is -1.77. The summed E-state index contributed by atoms with van der Waals surface area (Å²) in [5, 5.41) is 4.35. The highest BCUT2D eigenvalue weighted by molar-refractivity contribution is 5.80. The van der Waals surface area contributed by atoms with Crippen molar-refractivity contribution in [2.75, 3.05) is 6.54 Å². The zero-order chi connectivity index (χ0) is 26.2. The van der Waals surface area contributed by atoms with E-state index in [-0.39, 0.29) is 5.91 Å². The van der Waals surface area contributed by atoms with Gasteiger partial charge in [-0.15, -0.1) is 0 Å². The van der Waals surface area contributed by atoms with E-state index in [1.165, 1.54) is 139 Å². The number of carbonyl (C=O) groups excluding carboxylic acids is 1. The van der Waals surface area contributed by atoms with Crippen LogP contribution >= 0.6 is 0 Å². The predicted molar refractivity (Wildman–Crippen MR) is 162 cm³/mol. The Morgan fingerprint density at radius 1 is 0.622 bits per heavy atom. The zero-order valence-corrected chi connectivity index (χ0v) is 24.3. The van der Waals surface area contributed by atoms with Crippen molar-refractivity contribution in [2.45, 2.75) is 155 Å². The normalized spacial score (nSPS) is 11.4. The smallest absolute Gasteiger partial charge is 0.220 e. The number of nitrogens with zero attached hydrogens (tertiary/aromatic N) is 1. The molecule has 0 aliphatic carbocycles. The van der Waals surface area contributed by atoms with Gasteiger partial charge in [0, 0.05) is 31.2 Å². The number of hydrogen-bond donors (Lipinski definition) is 1. The minimum atomic E-state index is 0.203. The van der Waals surface area contributed by atoms with Crippen molar-refractivity contribution < 1.29 is 4.79 Å². The molecule has 0 radical (unpaired) electrons. The maximum absolute atomic E-state index is 12.1. The summed E-state index contributed by atoms with van der Waals surface area (Å²) in [7, 11) is 0. The van der Waals surface area contributed by atoms with Crippen molar-refractivity contribution in [3.8, 4) is 0 Å². The molecule has 0 aliphatic heterocycles. The van der Waals surface area contributed by atoms with E-state index in [2.05, 4.69) is 53.3 Å². The van der Waals surface area contributed by atoms with Crippen LogP contribution in [0.1, 0.15) is 148 Å². The number of benzene rings is 1. The molecule has 0 saturated heterocycles. The van der Waals surface area contributed by atoms with Crippen LogP contribution in [0.2, 0.25) is 0 Å². The van der Waals surface area contributed by atoms with Crippen LogP contribution in [0, 0.1) is 0 Å². The standard InChI is InChI=1S/C34H58N2O/c1-2-3-4-5-6-7-8-9-10-11-12-13-14-15-16-17-18-19-20-21-22-27-34(37)35-29-31-36-30-28-32-25-23-24-26-33(32)36/h23-26,28,30H,2-22,27,29,31H2,1H3,(H,35,37). The molecule has 0 spiro atoms. The van der Waals surface area contributed by atoms with Gasteiger partial charge in [-0.05, 0) is 23.9 Å². The van der Waals surface area contributed by atoms with Crippen LogP contribution in [-0.4, -0.2) is 17.0 Å². The second-order valence-electron chi connectivity index (χ2n) is 11.2. The molecule has 0 saturated carbocycles. The van der Waals surface area contributed by atoms with Crippen LogP contribution in [0.15, 0.2) is 36.5 Å². The number of nitrogens with one attached hydrogen (secondary N) is 1. The Morgan fingerprint density at radius 2 is 1.08 bits per heavy atom. The first-order valence-corrected chi connectivity index (χ1v) is 16.1. The Bertz CT molecular complexity index is 796. The summed E-state index contributed by atoms with van der Waals surface area (Å²) >= 11 is 0. The molecule has 0 fully saturated rings. The molecular formula is C34H58N2O. The molecule has 0 aliphatic rings. The molecule has 1 amide bonds. The first-order chi connectivity index (χ1) is 18.3. The summed E-state index contributed by atoms with van der Waals surface area (Å²) in [5.74, 6) is 0.203. The van der Waals surface area contributed by atoms with Crippen molar-refractivity contribution in [1.82, 2.24) is 9.88 Å². The molecule has 0 bridgehead atoms. The maximum Gasteiger partial charge on any atom is 0.220 e. The number of para-hydroxylation sites is 1. The molecule has 210 valence electrons. The molecule has 1 aromatic carbocycles. The van der Waals surface area contributed by atoms with Gasteiger partial charge in [0.1, 0.15) is 0 Å². The van der Waals surface area contributed by atoms with Crippen LogP contribution in [-0.2, 0) is 11.3 Å². The molecule has 3 nitrogen and oxygen atoms in total. The number of fused-ring (bicyclic) bond motifs is 1. The topological polar surface area (TPSA) is 34.0 Å². The van der Waals surface area contributed by atoms with Gasteiger partial charge >= 0.3 is 0 Å². The third-order valence-corrected chi connectivity index (χ3v) is 7.86.